The zero-order valence-electron chi connectivity index (χ0n) is 15.4. The van der Waals surface area contributed by atoms with E-state index in [1.54, 1.807) is 12.3 Å². The highest BCUT2D eigenvalue weighted by molar-refractivity contribution is 5.92. The van der Waals surface area contributed by atoms with Crippen LogP contribution in [0.5, 0.6) is 0 Å². The average molecular weight is 340 g/mol. The van der Waals surface area contributed by atoms with Gasteiger partial charge in [-0.1, -0.05) is 38.1 Å². The molecule has 0 radical (unpaired) electrons. The molecule has 1 saturated heterocycles. The van der Waals surface area contributed by atoms with E-state index in [2.05, 4.69) is 48.3 Å². The van der Waals surface area contributed by atoms with Crippen LogP contribution < -0.4 is 5.32 Å². The van der Waals surface area contributed by atoms with Gasteiger partial charge in [0.15, 0.2) is 5.76 Å². The minimum absolute atomic E-state index is 0.164. The Morgan fingerprint density at radius 3 is 2.36 bits per heavy atom. The molecule has 1 aromatic carbocycles. The van der Waals surface area contributed by atoms with Gasteiger partial charge in [0, 0.05) is 31.7 Å². The summed E-state index contributed by atoms with van der Waals surface area (Å²) in [7, 11) is 0. The molecule has 0 saturated carbocycles. The molecule has 2 atom stereocenters. The molecule has 134 valence electrons. The summed E-state index contributed by atoms with van der Waals surface area (Å²) in [6.45, 7) is 10.4. The van der Waals surface area contributed by atoms with Gasteiger partial charge in [0.25, 0.3) is 5.91 Å². The van der Waals surface area contributed by atoms with Crippen molar-refractivity contribution < 1.29 is 9.21 Å². The molecular formula is C21H28N2O2. The second-order valence-corrected chi connectivity index (χ2v) is 7.57. The van der Waals surface area contributed by atoms with Crippen molar-refractivity contribution >= 4 is 5.91 Å². The highest BCUT2D eigenvalue weighted by Gasteiger charge is 2.21. The van der Waals surface area contributed by atoms with Crippen molar-refractivity contribution in [1.29, 1.82) is 0 Å². The second-order valence-electron chi connectivity index (χ2n) is 7.57. The number of carbonyl (C=O) groups excluding carboxylic acids is 1. The van der Waals surface area contributed by atoms with Crippen LogP contribution in [-0.2, 0) is 13.1 Å². The van der Waals surface area contributed by atoms with Gasteiger partial charge >= 0.3 is 0 Å². The van der Waals surface area contributed by atoms with E-state index in [0.29, 0.717) is 12.3 Å². The molecule has 2 heterocycles. The number of carbonyl (C=O) groups is 1. The number of hydrogen-bond acceptors (Lipinski definition) is 3. The third-order valence-electron chi connectivity index (χ3n) is 4.90. The number of nitrogens with one attached hydrogen (secondary N) is 1. The number of benzene rings is 1. The maximum Gasteiger partial charge on any atom is 0.287 e. The highest BCUT2D eigenvalue weighted by Crippen LogP contribution is 2.22. The largest absolute Gasteiger partial charge is 0.459 e. The number of nitrogens with zero attached hydrogens (tertiary/aromatic N) is 1. The van der Waals surface area contributed by atoms with E-state index in [1.807, 2.05) is 6.92 Å². The van der Waals surface area contributed by atoms with Gasteiger partial charge in [0.05, 0.1) is 6.26 Å². The van der Waals surface area contributed by atoms with Crippen LogP contribution in [0.4, 0.5) is 0 Å². The zero-order chi connectivity index (χ0) is 17.8. The Morgan fingerprint density at radius 2 is 1.76 bits per heavy atom. The Balaban J connectivity index is 1.52. The number of furan rings is 1. The van der Waals surface area contributed by atoms with Gasteiger partial charge in [0.1, 0.15) is 0 Å². The fourth-order valence-electron chi connectivity index (χ4n) is 3.81. The lowest BCUT2D eigenvalue weighted by atomic mass is 9.91. The van der Waals surface area contributed by atoms with Crippen molar-refractivity contribution in [2.24, 2.45) is 11.8 Å². The number of rotatable bonds is 5. The maximum atomic E-state index is 12.1. The van der Waals surface area contributed by atoms with Crippen molar-refractivity contribution in [3.05, 3.63) is 59.0 Å². The summed E-state index contributed by atoms with van der Waals surface area (Å²) < 4.78 is 5.22. The zero-order valence-corrected chi connectivity index (χ0v) is 15.4. The van der Waals surface area contributed by atoms with Gasteiger partial charge in [-0.3, -0.25) is 9.69 Å². The second kappa shape index (κ2) is 7.87. The van der Waals surface area contributed by atoms with E-state index in [0.717, 1.165) is 29.5 Å². The molecule has 4 nitrogen and oxygen atoms in total. The maximum absolute atomic E-state index is 12.1. The lowest BCUT2D eigenvalue weighted by Gasteiger charge is -2.35. The van der Waals surface area contributed by atoms with Crippen LogP contribution in [-0.4, -0.2) is 23.9 Å². The lowest BCUT2D eigenvalue weighted by molar-refractivity contribution is 0.0922. The predicted octanol–water partition coefficient (Wildman–Crippen LogP) is 4.00. The molecule has 4 heteroatoms. The molecule has 0 unspecified atom stereocenters. The van der Waals surface area contributed by atoms with Crippen molar-refractivity contribution in [2.75, 3.05) is 13.1 Å². The number of aryl methyl sites for hydroxylation is 1. The number of hydrogen-bond donors (Lipinski definition) is 1. The van der Waals surface area contributed by atoms with Gasteiger partial charge in [-0.05, 0) is 42.4 Å². The number of amides is 1. The van der Waals surface area contributed by atoms with E-state index < -0.39 is 0 Å². The molecule has 1 aliphatic heterocycles. The third-order valence-corrected chi connectivity index (χ3v) is 4.90. The molecule has 0 bridgehead atoms. The summed E-state index contributed by atoms with van der Waals surface area (Å²) >= 11 is 0. The van der Waals surface area contributed by atoms with E-state index in [-0.39, 0.29) is 5.91 Å². The van der Waals surface area contributed by atoms with Gasteiger partial charge in [-0.2, -0.15) is 0 Å². The molecule has 3 rings (SSSR count). The number of likely N-dealkylation sites (tertiary alicyclic amines) is 1. The molecule has 1 aliphatic rings. The molecule has 25 heavy (non-hydrogen) atoms. The smallest absolute Gasteiger partial charge is 0.287 e. The molecular weight excluding hydrogens is 312 g/mol. The minimum Gasteiger partial charge on any atom is -0.459 e. The van der Waals surface area contributed by atoms with Crippen LogP contribution in [0.2, 0.25) is 0 Å². The Labute approximate surface area is 150 Å². The van der Waals surface area contributed by atoms with E-state index >= 15 is 0 Å². The fourth-order valence-corrected chi connectivity index (χ4v) is 3.81. The fraction of sp³-hybridized carbons (Fsp3) is 0.476. The summed E-state index contributed by atoms with van der Waals surface area (Å²) in [5, 5.41) is 2.91. The van der Waals surface area contributed by atoms with E-state index in [1.165, 1.54) is 25.1 Å². The van der Waals surface area contributed by atoms with E-state index in [4.69, 9.17) is 4.42 Å². The SMILES string of the molecule is Cc1ccoc1C(=O)NCc1ccc(CN2C[C@H](C)C[C@H](C)C2)cc1. The summed E-state index contributed by atoms with van der Waals surface area (Å²) in [5.41, 5.74) is 3.29. The first-order valence-corrected chi connectivity index (χ1v) is 9.13. The Kier molecular flexibility index (Phi) is 5.59. The van der Waals surface area contributed by atoms with Crippen LogP contribution in [0, 0.1) is 18.8 Å². The molecule has 1 aromatic heterocycles. The predicted molar refractivity (Wildman–Crippen MR) is 99.3 cm³/mol. The normalized spacial score (nSPS) is 21.2. The van der Waals surface area contributed by atoms with Crippen LogP contribution in [0.3, 0.4) is 0 Å². The van der Waals surface area contributed by atoms with Gasteiger partial charge in [-0.25, -0.2) is 0 Å². The molecule has 1 N–H and O–H groups in total. The van der Waals surface area contributed by atoms with Crippen molar-refractivity contribution in [3.63, 3.8) is 0 Å². The Bertz CT molecular complexity index is 695. The van der Waals surface area contributed by atoms with E-state index in [9.17, 15) is 4.79 Å². The van der Waals surface area contributed by atoms with Crippen LogP contribution in [0.25, 0.3) is 0 Å². The topological polar surface area (TPSA) is 45.5 Å². The van der Waals surface area contributed by atoms with Crippen molar-refractivity contribution in [2.45, 2.75) is 40.3 Å². The summed E-state index contributed by atoms with van der Waals surface area (Å²) in [5.74, 6) is 1.79. The van der Waals surface area contributed by atoms with Crippen molar-refractivity contribution in [1.82, 2.24) is 10.2 Å². The first kappa shape index (κ1) is 17.7. The lowest BCUT2D eigenvalue weighted by Crippen LogP contribution is -2.38. The molecule has 0 spiro atoms. The first-order valence-electron chi connectivity index (χ1n) is 9.13. The molecule has 1 amide bonds. The Morgan fingerprint density at radius 1 is 1.12 bits per heavy atom. The number of piperidine rings is 1. The van der Waals surface area contributed by atoms with Crippen LogP contribution in [0.15, 0.2) is 41.0 Å². The minimum atomic E-state index is -0.164. The summed E-state index contributed by atoms with van der Waals surface area (Å²) in [6.07, 6.45) is 2.88. The highest BCUT2D eigenvalue weighted by atomic mass is 16.3. The standard InChI is InChI=1S/C21H28N2O2/c1-15-10-16(2)13-23(12-15)14-19-6-4-18(5-7-19)11-22-21(24)20-17(3)8-9-25-20/h4-9,15-16H,10-14H2,1-3H3,(H,22,24)/t15-,16+. The summed E-state index contributed by atoms with van der Waals surface area (Å²) in [4.78, 5) is 14.6. The first-order chi connectivity index (χ1) is 12.0. The van der Waals surface area contributed by atoms with Gasteiger partial charge in [0.2, 0.25) is 0 Å². The van der Waals surface area contributed by atoms with Crippen molar-refractivity contribution in [3.8, 4) is 0 Å². The van der Waals surface area contributed by atoms with Gasteiger partial charge < -0.3 is 9.73 Å². The average Bonchev–Trinajstić information content (AvgIpc) is 2.99. The summed E-state index contributed by atoms with van der Waals surface area (Å²) in [6, 6.07) is 10.3. The van der Waals surface area contributed by atoms with Crippen LogP contribution >= 0.6 is 0 Å². The van der Waals surface area contributed by atoms with Crippen LogP contribution in [0.1, 0.15) is 47.5 Å². The third kappa shape index (κ3) is 4.73. The van der Waals surface area contributed by atoms with Gasteiger partial charge in [-0.15, -0.1) is 0 Å². The quantitative estimate of drug-likeness (QED) is 0.895. The Hall–Kier alpha value is -2.07. The molecule has 1 fully saturated rings. The molecule has 2 aromatic rings. The monoisotopic (exact) mass is 340 g/mol. The molecule has 0 aliphatic carbocycles.